The minimum atomic E-state index is -0.533. The first-order valence-corrected chi connectivity index (χ1v) is 7.37. The molecule has 3 amide bonds. The third kappa shape index (κ3) is 2.79. The van der Waals surface area contributed by atoms with Crippen molar-refractivity contribution < 1.29 is 19.4 Å². The van der Waals surface area contributed by atoms with Gasteiger partial charge in [0.05, 0.1) is 17.8 Å². The van der Waals surface area contributed by atoms with Gasteiger partial charge >= 0.3 is 6.03 Å². The fraction of sp³-hybridized carbons (Fsp3) is 0.0588. The number of nitrogens with zero attached hydrogens (tertiary/aromatic N) is 1. The quantitative estimate of drug-likeness (QED) is 0.662. The van der Waals surface area contributed by atoms with Crippen molar-refractivity contribution in [2.24, 2.45) is 0 Å². The molecule has 2 aromatic rings. The van der Waals surface area contributed by atoms with Crippen molar-refractivity contribution in [3.63, 3.8) is 0 Å². The van der Waals surface area contributed by atoms with Gasteiger partial charge in [0.25, 0.3) is 5.91 Å². The minimum Gasteiger partial charge on any atom is -0.503 e. The monoisotopic (exact) mass is 344 g/mol. The van der Waals surface area contributed by atoms with Crippen LogP contribution in [0.3, 0.4) is 0 Å². The summed E-state index contributed by atoms with van der Waals surface area (Å²) in [6, 6.07) is 11.3. The predicted molar refractivity (Wildman–Crippen MR) is 90.1 cm³/mol. The lowest BCUT2D eigenvalue weighted by atomic mass is 10.1. The molecule has 6 nitrogen and oxygen atoms in total. The maximum atomic E-state index is 12.1. The molecule has 2 aromatic carbocycles. The van der Waals surface area contributed by atoms with Gasteiger partial charge in [-0.2, -0.15) is 0 Å². The number of amides is 3. The zero-order valence-corrected chi connectivity index (χ0v) is 13.4. The van der Waals surface area contributed by atoms with Crippen molar-refractivity contribution in [3.05, 3.63) is 58.7 Å². The number of rotatable bonds is 3. The highest BCUT2D eigenvalue weighted by Crippen LogP contribution is 2.36. The second-order valence-electron chi connectivity index (χ2n) is 5.01. The average Bonchev–Trinajstić information content (AvgIpc) is 2.85. The van der Waals surface area contributed by atoms with Gasteiger partial charge in [-0.25, -0.2) is 4.79 Å². The fourth-order valence-electron chi connectivity index (χ4n) is 2.38. The Balaban J connectivity index is 2.09. The Kier molecular flexibility index (Phi) is 4.14. The number of para-hydroxylation sites is 1. The second kappa shape index (κ2) is 6.25. The minimum absolute atomic E-state index is 0.0807. The summed E-state index contributed by atoms with van der Waals surface area (Å²) in [6.45, 7) is 0. The van der Waals surface area contributed by atoms with Gasteiger partial charge in [-0.05, 0) is 35.9 Å². The van der Waals surface area contributed by atoms with Crippen molar-refractivity contribution in [1.82, 2.24) is 5.32 Å². The molecule has 1 fully saturated rings. The molecule has 0 atom stereocenters. The first kappa shape index (κ1) is 15.9. The molecule has 0 aliphatic carbocycles. The van der Waals surface area contributed by atoms with Crippen molar-refractivity contribution in [1.29, 1.82) is 0 Å². The van der Waals surface area contributed by atoms with E-state index in [-0.39, 0.29) is 22.2 Å². The number of carbonyl (C=O) groups excluding carboxylic acids is 2. The number of methoxy groups -OCH3 is 1. The lowest BCUT2D eigenvalue weighted by Crippen LogP contribution is -2.27. The Labute approximate surface area is 142 Å². The van der Waals surface area contributed by atoms with E-state index < -0.39 is 11.9 Å². The summed E-state index contributed by atoms with van der Waals surface area (Å²) in [5.74, 6) is -0.537. The van der Waals surface area contributed by atoms with E-state index in [0.717, 1.165) is 0 Å². The van der Waals surface area contributed by atoms with Crippen LogP contribution in [0.15, 0.2) is 48.2 Å². The molecule has 0 radical (unpaired) electrons. The van der Waals surface area contributed by atoms with Gasteiger partial charge in [0, 0.05) is 0 Å². The number of benzene rings is 2. The zero-order valence-electron chi connectivity index (χ0n) is 12.6. The number of phenolic OH excluding ortho intramolecular Hbond substituents is 1. The molecular weight excluding hydrogens is 332 g/mol. The van der Waals surface area contributed by atoms with Crippen LogP contribution in [0.1, 0.15) is 5.56 Å². The third-order valence-electron chi connectivity index (χ3n) is 3.49. The molecular formula is C17H13ClN2O4. The summed E-state index contributed by atoms with van der Waals surface area (Å²) in [7, 11) is 1.39. The van der Waals surface area contributed by atoms with E-state index in [1.165, 1.54) is 30.2 Å². The van der Waals surface area contributed by atoms with E-state index in [2.05, 4.69) is 5.32 Å². The Morgan fingerprint density at radius 3 is 2.58 bits per heavy atom. The third-order valence-corrected chi connectivity index (χ3v) is 3.77. The van der Waals surface area contributed by atoms with Crippen LogP contribution in [-0.4, -0.2) is 24.2 Å². The number of hydrogen-bond donors (Lipinski definition) is 2. The largest absolute Gasteiger partial charge is 0.503 e. The molecule has 1 saturated heterocycles. The van der Waals surface area contributed by atoms with Gasteiger partial charge in [0.1, 0.15) is 5.70 Å². The number of carbonyl (C=O) groups is 2. The van der Waals surface area contributed by atoms with E-state index in [1.807, 2.05) is 6.07 Å². The van der Waals surface area contributed by atoms with Gasteiger partial charge in [0.15, 0.2) is 11.5 Å². The van der Waals surface area contributed by atoms with Crippen LogP contribution in [0.5, 0.6) is 11.5 Å². The molecule has 0 bridgehead atoms. The topological polar surface area (TPSA) is 78.9 Å². The van der Waals surface area contributed by atoms with Crippen LogP contribution in [-0.2, 0) is 4.79 Å². The van der Waals surface area contributed by atoms with Crippen LogP contribution in [0.4, 0.5) is 10.5 Å². The first-order chi connectivity index (χ1) is 11.5. The van der Waals surface area contributed by atoms with Crippen LogP contribution in [0.25, 0.3) is 6.08 Å². The maximum absolute atomic E-state index is 12.1. The van der Waals surface area contributed by atoms with Crippen molar-refractivity contribution in [2.45, 2.75) is 0 Å². The summed E-state index contributed by atoms with van der Waals surface area (Å²) < 4.78 is 5.05. The lowest BCUT2D eigenvalue weighted by Gasteiger charge is -2.15. The number of anilines is 1. The first-order valence-electron chi connectivity index (χ1n) is 7.00. The van der Waals surface area contributed by atoms with Crippen LogP contribution in [0.2, 0.25) is 5.02 Å². The van der Waals surface area contributed by atoms with Gasteiger partial charge in [-0.3, -0.25) is 15.0 Å². The standard InChI is InChI=1S/C17H13ClN2O4/c1-24-14-9-10(7-12(18)15(14)21)8-13-16(22)19-17(23)20(13)11-5-3-2-4-6-11/h2-9,21H,1H3,(H,19,22,23)/b13-8+. The highest BCUT2D eigenvalue weighted by atomic mass is 35.5. The highest BCUT2D eigenvalue weighted by molar-refractivity contribution is 6.32. The number of nitrogens with one attached hydrogen (secondary N) is 1. The lowest BCUT2D eigenvalue weighted by molar-refractivity contribution is -0.115. The van der Waals surface area contributed by atoms with Crippen molar-refractivity contribution in [3.8, 4) is 11.5 Å². The molecule has 1 heterocycles. The highest BCUT2D eigenvalue weighted by Gasteiger charge is 2.34. The van der Waals surface area contributed by atoms with Crippen molar-refractivity contribution >= 4 is 35.3 Å². The summed E-state index contributed by atoms with van der Waals surface area (Å²) >= 11 is 5.96. The van der Waals surface area contributed by atoms with Crippen LogP contribution in [0, 0.1) is 0 Å². The predicted octanol–water partition coefficient (Wildman–Crippen LogP) is 3.15. The molecule has 1 aliphatic rings. The molecule has 0 spiro atoms. The van der Waals surface area contributed by atoms with Gasteiger partial charge in [0.2, 0.25) is 0 Å². The Morgan fingerprint density at radius 2 is 1.92 bits per heavy atom. The second-order valence-corrected chi connectivity index (χ2v) is 5.42. The van der Waals surface area contributed by atoms with E-state index in [4.69, 9.17) is 16.3 Å². The molecule has 1 aliphatic heterocycles. The Morgan fingerprint density at radius 1 is 1.21 bits per heavy atom. The number of hydrogen-bond acceptors (Lipinski definition) is 4. The van der Waals surface area contributed by atoms with E-state index in [0.29, 0.717) is 11.3 Å². The average molecular weight is 345 g/mol. The summed E-state index contributed by atoms with van der Waals surface area (Å²) in [5, 5.41) is 12.1. The number of ether oxygens (including phenoxy) is 1. The SMILES string of the molecule is COc1cc(/C=C2\C(=O)NC(=O)N2c2ccccc2)cc(Cl)c1O. The fourth-order valence-corrected chi connectivity index (χ4v) is 2.60. The zero-order chi connectivity index (χ0) is 17.3. The summed E-state index contributed by atoms with van der Waals surface area (Å²) in [6.07, 6.45) is 1.50. The van der Waals surface area contributed by atoms with Crippen molar-refractivity contribution in [2.75, 3.05) is 12.0 Å². The maximum Gasteiger partial charge on any atom is 0.333 e. The van der Waals surface area contributed by atoms with Gasteiger partial charge in [-0.1, -0.05) is 29.8 Å². The molecule has 2 N–H and O–H groups in total. The van der Waals surface area contributed by atoms with E-state index in [9.17, 15) is 14.7 Å². The summed E-state index contributed by atoms with van der Waals surface area (Å²) in [5.41, 5.74) is 1.22. The molecule has 24 heavy (non-hydrogen) atoms. The van der Waals surface area contributed by atoms with Crippen LogP contribution >= 0.6 is 11.6 Å². The molecule has 0 aromatic heterocycles. The number of aromatic hydroxyl groups is 1. The van der Waals surface area contributed by atoms with Gasteiger partial charge < -0.3 is 9.84 Å². The smallest absolute Gasteiger partial charge is 0.333 e. The molecule has 0 unspecified atom stereocenters. The molecule has 3 rings (SSSR count). The summed E-state index contributed by atoms with van der Waals surface area (Å²) in [4.78, 5) is 25.5. The number of imide groups is 1. The van der Waals surface area contributed by atoms with Gasteiger partial charge in [-0.15, -0.1) is 0 Å². The van der Waals surface area contributed by atoms with E-state index >= 15 is 0 Å². The molecule has 122 valence electrons. The normalized spacial score (nSPS) is 15.8. The number of halogens is 1. The number of urea groups is 1. The number of phenols is 1. The van der Waals surface area contributed by atoms with E-state index in [1.54, 1.807) is 24.3 Å². The Hall–Kier alpha value is -2.99. The van der Waals surface area contributed by atoms with Crippen LogP contribution < -0.4 is 15.0 Å². The molecule has 7 heteroatoms. The Bertz CT molecular complexity index is 849. The molecule has 0 saturated carbocycles.